The summed E-state index contributed by atoms with van der Waals surface area (Å²) < 4.78 is 0. The average molecular weight is 417 g/mol. The molecule has 0 aromatic heterocycles. The van der Waals surface area contributed by atoms with E-state index in [0.717, 1.165) is 31.6 Å². The molecule has 3 aliphatic carbocycles. The van der Waals surface area contributed by atoms with Crippen molar-refractivity contribution in [1.82, 2.24) is 0 Å². The molecule has 3 nitrogen and oxygen atoms in total. The van der Waals surface area contributed by atoms with Gasteiger partial charge in [0.05, 0.1) is 0 Å². The maximum Gasteiger partial charge on any atom is 0.303 e. The van der Waals surface area contributed by atoms with Crippen molar-refractivity contribution in [2.75, 3.05) is 0 Å². The number of carboxylic acid groups (broad SMARTS) is 1. The molecular weight excluding hydrogens is 372 g/mol. The number of aliphatic carboxylic acids is 1. The highest BCUT2D eigenvalue weighted by molar-refractivity contribution is 5.87. The SMILES string of the molecule is CC(C)CCCC(C)[C@H]1CC[C@H]2[C@H](CC(=O)O)[C@@H]([C@@]3(C)CC=CCC3=O)CC[C@]12C. The Morgan fingerprint density at radius 1 is 1.10 bits per heavy atom. The van der Waals surface area contributed by atoms with E-state index in [0.29, 0.717) is 30.0 Å². The van der Waals surface area contributed by atoms with E-state index >= 15 is 0 Å². The van der Waals surface area contributed by atoms with Crippen molar-refractivity contribution in [3.05, 3.63) is 12.2 Å². The lowest BCUT2D eigenvalue weighted by Gasteiger charge is -2.54. The summed E-state index contributed by atoms with van der Waals surface area (Å²) in [6.07, 6.45) is 14.1. The van der Waals surface area contributed by atoms with E-state index in [9.17, 15) is 14.7 Å². The van der Waals surface area contributed by atoms with Crippen molar-refractivity contribution in [1.29, 1.82) is 0 Å². The van der Waals surface area contributed by atoms with Crippen LogP contribution in [0.5, 0.6) is 0 Å². The molecule has 0 radical (unpaired) electrons. The van der Waals surface area contributed by atoms with Gasteiger partial charge in [-0.05, 0) is 73.0 Å². The van der Waals surface area contributed by atoms with Gasteiger partial charge in [0.2, 0.25) is 0 Å². The minimum Gasteiger partial charge on any atom is -0.481 e. The van der Waals surface area contributed by atoms with Crippen molar-refractivity contribution < 1.29 is 14.7 Å². The summed E-state index contributed by atoms with van der Waals surface area (Å²) in [7, 11) is 0. The fourth-order valence-corrected chi connectivity index (χ4v) is 7.81. The molecule has 7 atom stereocenters. The molecule has 2 saturated carbocycles. The topological polar surface area (TPSA) is 54.4 Å². The van der Waals surface area contributed by atoms with Gasteiger partial charge in [0, 0.05) is 18.3 Å². The third-order valence-electron chi connectivity index (χ3n) is 9.52. The summed E-state index contributed by atoms with van der Waals surface area (Å²) in [5.74, 6) is 2.59. The molecule has 3 heteroatoms. The number of ketones is 1. The van der Waals surface area contributed by atoms with Crippen molar-refractivity contribution in [2.45, 2.75) is 98.8 Å². The number of carbonyl (C=O) groups is 2. The Balaban J connectivity index is 1.81. The van der Waals surface area contributed by atoms with E-state index in [1.165, 1.54) is 25.7 Å². The van der Waals surface area contributed by atoms with Crippen LogP contribution < -0.4 is 0 Å². The highest BCUT2D eigenvalue weighted by atomic mass is 16.4. The molecule has 0 aromatic carbocycles. The van der Waals surface area contributed by atoms with Crippen LogP contribution in [-0.4, -0.2) is 16.9 Å². The zero-order valence-electron chi connectivity index (χ0n) is 20.0. The minimum absolute atomic E-state index is 0.134. The smallest absolute Gasteiger partial charge is 0.303 e. The van der Waals surface area contributed by atoms with E-state index in [1.807, 2.05) is 6.08 Å². The van der Waals surface area contributed by atoms with Gasteiger partial charge in [-0.2, -0.15) is 0 Å². The molecule has 0 aromatic rings. The van der Waals surface area contributed by atoms with Crippen LogP contribution >= 0.6 is 0 Å². The fraction of sp³-hybridized carbons (Fsp3) is 0.852. The summed E-state index contributed by atoms with van der Waals surface area (Å²) in [5, 5.41) is 9.78. The first-order chi connectivity index (χ1) is 14.1. The molecule has 2 fully saturated rings. The number of fused-ring (bicyclic) bond motifs is 1. The lowest BCUT2D eigenvalue weighted by molar-refractivity contribution is -0.147. The average Bonchev–Trinajstić information content (AvgIpc) is 3.01. The second-order valence-electron chi connectivity index (χ2n) is 11.7. The molecule has 3 aliphatic rings. The van der Waals surface area contributed by atoms with Crippen LogP contribution in [-0.2, 0) is 9.59 Å². The van der Waals surface area contributed by atoms with Crippen LogP contribution in [0.15, 0.2) is 12.2 Å². The van der Waals surface area contributed by atoms with Gasteiger partial charge in [0.25, 0.3) is 0 Å². The molecule has 0 bridgehead atoms. The predicted octanol–water partition coefficient (Wildman–Crippen LogP) is 6.91. The number of hydrogen-bond donors (Lipinski definition) is 1. The first kappa shape index (κ1) is 23.5. The van der Waals surface area contributed by atoms with Crippen LogP contribution in [0.1, 0.15) is 98.8 Å². The minimum atomic E-state index is -0.690. The number of carboxylic acids is 1. The van der Waals surface area contributed by atoms with Crippen molar-refractivity contribution in [3.8, 4) is 0 Å². The van der Waals surface area contributed by atoms with E-state index < -0.39 is 5.97 Å². The second kappa shape index (κ2) is 9.17. The maximum absolute atomic E-state index is 13.0. The summed E-state index contributed by atoms with van der Waals surface area (Å²) >= 11 is 0. The monoisotopic (exact) mass is 416 g/mol. The molecular formula is C27H44O3. The Morgan fingerprint density at radius 2 is 1.83 bits per heavy atom. The van der Waals surface area contributed by atoms with E-state index in [2.05, 4.69) is 40.7 Å². The lowest BCUT2D eigenvalue weighted by atomic mass is 9.50. The normalized spacial score (nSPS) is 39.9. The van der Waals surface area contributed by atoms with Crippen molar-refractivity contribution >= 4 is 11.8 Å². The molecule has 1 unspecified atom stereocenters. The van der Waals surface area contributed by atoms with Gasteiger partial charge >= 0.3 is 5.97 Å². The summed E-state index contributed by atoms with van der Waals surface area (Å²) in [5.41, 5.74) is -0.144. The Labute approximate surface area is 184 Å². The van der Waals surface area contributed by atoms with Gasteiger partial charge in [-0.25, -0.2) is 0 Å². The molecule has 1 N–H and O–H groups in total. The van der Waals surface area contributed by atoms with Gasteiger partial charge in [-0.3, -0.25) is 9.59 Å². The van der Waals surface area contributed by atoms with E-state index in [-0.39, 0.29) is 29.1 Å². The highest BCUT2D eigenvalue weighted by Crippen LogP contribution is 2.64. The summed E-state index contributed by atoms with van der Waals surface area (Å²) in [6.45, 7) is 11.6. The third-order valence-corrected chi connectivity index (χ3v) is 9.52. The number of allylic oxidation sites excluding steroid dienone is 2. The van der Waals surface area contributed by atoms with Gasteiger partial charge in [-0.15, -0.1) is 0 Å². The maximum atomic E-state index is 13.0. The largest absolute Gasteiger partial charge is 0.481 e. The lowest BCUT2D eigenvalue weighted by Crippen LogP contribution is -2.50. The summed E-state index contributed by atoms with van der Waals surface area (Å²) in [4.78, 5) is 24.9. The third kappa shape index (κ3) is 4.41. The highest BCUT2D eigenvalue weighted by Gasteiger charge is 2.58. The van der Waals surface area contributed by atoms with Gasteiger partial charge in [-0.1, -0.05) is 66.0 Å². The Kier molecular flexibility index (Phi) is 7.19. The van der Waals surface area contributed by atoms with Gasteiger partial charge < -0.3 is 5.11 Å². The molecule has 3 rings (SSSR count). The zero-order valence-corrected chi connectivity index (χ0v) is 20.0. The van der Waals surface area contributed by atoms with Crippen molar-refractivity contribution in [3.63, 3.8) is 0 Å². The Bertz CT molecular complexity index is 665. The Hall–Kier alpha value is -1.12. The quantitative estimate of drug-likeness (QED) is 0.437. The molecule has 0 heterocycles. The van der Waals surface area contributed by atoms with Crippen LogP contribution in [0.3, 0.4) is 0 Å². The first-order valence-electron chi connectivity index (χ1n) is 12.5. The van der Waals surface area contributed by atoms with Crippen LogP contribution in [0, 0.1) is 46.3 Å². The molecule has 0 saturated heterocycles. The van der Waals surface area contributed by atoms with Gasteiger partial charge in [0.1, 0.15) is 5.78 Å². The molecule has 30 heavy (non-hydrogen) atoms. The standard InChI is InChI=1S/C27H44O3/c1-18(2)9-8-10-19(3)21-12-13-22-20(17-25(29)30)23(14-16-26(21,22)4)27(5)15-7-6-11-24(27)28/h6-7,18-23H,8-17H2,1-5H3,(H,29,30)/t19?,20-,21+,22-,23-,26+,27+/m0/s1. The molecule has 0 amide bonds. The zero-order chi connectivity index (χ0) is 22.1. The van der Waals surface area contributed by atoms with Crippen molar-refractivity contribution in [2.24, 2.45) is 46.3 Å². The summed E-state index contributed by atoms with van der Waals surface area (Å²) in [6, 6.07) is 0. The molecule has 170 valence electrons. The van der Waals surface area contributed by atoms with Gasteiger partial charge in [0.15, 0.2) is 0 Å². The van der Waals surface area contributed by atoms with E-state index in [4.69, 9.17) is 0 Å². The fourth-order valence-electron chi connectivity index (χ4n) is 7.81. The number of hydrogen-bond acceptors (Lipinski definition) is 2. The van der Waals surface area contributed by atoms with Crippen LogP contribution in [0.4, 0.5) is 0 Å². The first-order valence-corrected chi connectivity index (χ1v) is 12.5. The second-order valence-corrected chi connectivity index (χ2v) is 11.7. The van der Waals surface area contributed by atoms with E-state index in [1.54, 1.807) is 0 Å². The number of Topliss-reactive ketones (excluding diaryl/α,β-unsaturated/α-hetero) is 1. The molecule has 0 spiro atoms. The van der Waals surface area contributed by atoms with Crippen LogP contribution in [0.25, 0.3) is 0 Å². The number of rotatable bonds is 8. The molecule has 0 aliphatic heterocycles. The predicted molar refractivity (Wildman–Crippen MR) is 122 cm³/mol. The Morgan fingerprint density at radius 3 is 2.47 bits per heavy atom. The van der Waals surface area contributed by atoms with Crippen LogP contribution in [0.2, 0.25) is 0 Å². The number of carbonyl (C=O) groups excluding carboxylic acids is 1.